The van der Waals surface area contributed by atoms with Gasteiger partial charge in [0.2, 0.25) is 0 Å². The van der Waals surface area contributed by atoms with Gasteiger partial charge in [-0.15, -0.1) is 11.3 Å². The normalized spacial score (nSPS) is 12.7. The number of hydrogen-bond donors (Lipinski definition) is 0. The van der Waals surface area contributed by atoms with Gasteiger partial charge in [-0.1, -0.05) is 121 Å². The van der Waals surface area contributed by atoms with E-state index in [1.165, 1.54) is 83.0 Å². The number of hydrogen-bond acceptors (Lipinski definition) is 3. The molecule has 0 N–H and O–H groups in total. The summed E-state index contributed by atoms with van der Waals surface area (Å²) in [5.74, 6) is 1.70. The molecule has 0 saturated carbocycles. The number of thiophene rings is 1. The summed E-state index contributed by atoms with van der Waals surface area (Å²) in [5, 5.41) is 2.12. The number of allylic oxidation sites excluding steroid dienone is 2. The molecule has 2 aromatic heterocycles. The number of fused-ring (bicyclic) bond motifs is 1. The Morgan fingerprint density at radius 2 is 1.43 bits per heavy atom. The van der Waals surface area contributed by atoms with Gasteiger partial charge < -0.3 is 4.90 Å². The smallest absolute Gasteiger partial charge is 0.129 e. The van der Waals surface area contributed by atoms with Crippen LogP contribution >= 0.6 is 11.3 Å². The second-order valence-electron chi connectivity index (χ2n) is 12.1. The molecule has 1 saturated heterocycles. The Hall–Kier alpha value is -3.17. The highest BCUT2D eigenvalue weighted by Gasteiger charge is 2.16. The standard InChI is InChI=1S/C24H32.C15H18N2S.C2H6/c1-6-8-21(9-7-2)24(22-12-10-19(5)11-13-22)23-16-14-20(15-17-23)18(3)4;1-11(2)12-10-14(17-7-4-3-5-8-17)16-13-6-9-18-15(12)13;1-2/h10-18H,6-9H2,1-5H3;6,9-10H,1,3-5,7-8H2,2H3;1-2H3. The van der Waals surface area contributed by atoms with Crippen LogP contribution in [0, 0.1) is 6.92 Å². The summed E-state index contributed by atoms with van der Waals surface area (Å²) in [6, 6.07) is 22.6. The van der Waals surface area contributed by atoms with Crippen molar-refractivity contribution in [3.05, 3.63) is 106 Å². The zero-order chi connectivity index (χ0) is 32.1. The van der Waals surface area contributed by atoms with E-state index in [2.05, 4.69) is 119 Å². The fraction of sp³-hybridized carbons (Fsp3) is 0.439. The Balaban J connectivity index is 0.000000235. The molecule has 0 bridgehead atoms. The summed E-state index contributed by atoms with van der Waals surface area (Å²) in [5.41, 5.74) is 12.0. The molecule has 1 fully saturated rings. The molecule has 4 aromatic rings. The predicted molar refractivity (Wildman–Crippen MR) is 199 cm³/mol. The van der Waals surface area contributed by atoms with Crippen LogP contribution in [-0.4, -0.2) is 18.1 Å². The van der Waals surface area contributed by atoms with E-state index >= 15 is 0 Å². The number of aryl methyl sites for hydroxylation is 1. The van der Waals surface area contributed by atoms with Crippen LogP contribution in [0.25, 0.3) is 21.4 Å². The lowest BCUT2D eigenvalue weighted by Crippen LogP contribution is -2.30. The molecule has 1 aliphatic rings. The molecule has 0 unspecified atom stereocenters. The van der Waals surface area contributed by atoms with Crippen molar-refractivity contribution >= 4 is 38.5 Å². The van der Waals surface area contributed by atoms with Gasteiger partial charge in [-0.3, -0.25) is 0 Å². The zero-order valence-corrected chi connectivity index (χ0v) is 29.6. The maximum absolute atomic E-state index is 4.80. The number of anilines is 1. The predicted octanol–water partition coefficient (Wildman–Crippen LogP) is 12.9. The van der Waals surface area contributed by atoms with Gasteiger partial charge in [-0.05, 0) is 103 Å². The van der Waals surface area contributed by atoms with Gasteiger partial charge in [0, 0.05) is 13.1 Å². The quantitative estimate of drug-likeness (QED) is 0.188. The minimum atomic E-state index is 0.580. The molecule has 0 atom stereocenters. The summed E-state index contributed by atoms with van der Waals surface area (Å²) in [7, 11) is 0. The Morgan fingerprint density at radius 1 is 0.864 bits per heavy atom. The van der Waals surface area contributed by atoms with E-state index < -0.39 is 0 Å². The molecule has 236 valence electrons. The maximum Gasteiger partial charge on any atom is 0.129 e. The van der Waals surface area contributed by atoms with Gasteiger partial charge in [0.1, 0.15) is 5.82 Å². The van der Waals surface area contributed by atoms with Crippen molar-refractivity contribution in [1.29, 1.82) is 0 Å². The minimum absolute atomic E-state index is 0.580. The van der Waals surface area contributed by atoms with E-state index in [1.54, 1.807) is 16.9 Å². The van der Waals surface area contributed by atoms with Crippen LogP contribution in [0.4, 0.5) is 5.82 Å². The molecule has 1 aliphatic heterocycles. The molecule has 0 aliphatic carbocycles. The van der Waals surface area contributed by atoms with E-state index in [-0.39, 0.29) is 0 Å². The molecule has 44 heavy (non-hydrogen) atoms. The number of nitrogens with zero attached hydrogens (tertiary/aromatic N) is 2. The third-order valence-electron chi connectivity index (χ3n) is 8.20. The number of rotatable bonds is 9. The number of aromatic nitrogens is 1. The Bertz CT molecular complexity index is 1460. The lowest BCUT2D eigenvalue weighted by molar-refractivity contribution is 0.574. The summed E-state index contributed by atoms with van der Waals surface area (Å²) >= 11 is 1.76. The van der Waals surface area contributed by atoms with Crippen molar-refractivity contribution in [3.63, 3.8) is 0 Å². The van der Waals surface area contributed by atoms with Crippen molar-refractivity contribution in [1.82, 2.24) is 4.98 Å². The first kappa shape index (κ1) is 35.3. The third kappa shape index (κ3) is 9.41. The van der Waals surface area contributed by atoms with Crippen LogP contribution in [0.3, 0.4) is 0 Å². The Morgan fingerprint density at radius 3 is 1.95 bits per heavy atom. The van der Waals surface area contributed by atoms with Crippen molar-refractivity contribution < 1.29 is 0 Å². The average Bonchev–Trinajstić information content (AvgIpc) is 3.53. The number of benzene rings is 2. The van der Waals surface area contributed by atoms with E-state index in [1.807, 2.05) is 13.8 Å². The highest BCUT2D eigenvalue weighted by molar-refractivity contribution is 7.17. The topological polar surface area (TPSA) is 16.1 Å². The summed E-state index contributed by atoms with van der Waals surface area (Å²) in [6.07, 6.45) is 8.69. The summed E-state index contributed by atoms with van der Waals surface area (Å²) < 4.78 is 1.27. The molecule has 3 heteroatoms. The average molecular weight is 609 g/mol. The Labute approximate surface area is 273 Å². The Kier molecular flexibility index (Phi) is 14.4. The van der Waals surface area contributed by atoms with E-state index in [0.717, 1.165) is 30.0 Å². The molecule has 2 aromatic carbocycles. The van der Waals surface area contributed by atoms with Crippen molar-refractivity contribution in [2.24, 2.45) is 0 Å². The zero-order valence-electron chi connectivity index (χ0n) is 28.8. The van der Waals surface area contributed by atoms with Gasteiger partial charge in [-0.2, -0.15) is 0 Å². The fourth-order valence-electron chi connectivity index (χ4n) is 5.85. The van der Waals surface area contributed by atoms with E-state index in [9.17, 15) is 0 Å². The molecule has 0 radical (unpaired) electrons. The lowest BCUT2D eigenvalue weighted by Gasteiger charge is -2.28. The first-order valence-corrected chi connectivity index (χ1v) is 17.9. The second kappa shape index (κ2) is 18.0. The third-order valence-corrected chi connectivity index (χ3v) is 9.14. The van der Waals surface area contributed by atoms with Crippen molar-refractivity contribution in [2.45, 2.75) is 106 Å². The highest BCUT2D eigenvalue weighted by Crippen LogP contribution is 2.33. The molecular formula is C41H56N2S. The lowest BCUT2D eigenvalue weighted by atomic mass is 9.87. The van der Waals surface area contributed by atoms with Gasteiger partial charge in [0.05, 0.1) is 10.2 Å². The monoisotopic (exact) mass is 608 g/mol. The van der Waals surface area contributed by atoms with Crippen LogP contribution < -0.4 is 4.90 Å². The molecular weight excluding hydrogens is 553 g/mol. The van der Waals surface area contributed by atoms with E-state index in [0.29, 0.717) is 5.92 Å². The largest absolute Gasteiger partial charge is 0.357 e. The van der Waals surface area contributed by atoms with Crippen LogP contribution in [0.5, 0.6) is 0 Å². The molecule has 0 spiro atoms. The molecule has 5 rings (SSSR count). The SMILES string of the molecule is C=C(C)c1cc(N2CCCCC2)nc2ccsc12.CC.CCCC(CCC)=C(c1ccc(C)cc1)c1ccc(C(C)C)cc1. The molecule has 2 nitrogen and oxygen atoms in total. The molecule has 0 amide bonds. The maximum atomic E-state index is 4.80. The van der Waals surface area contributed by atoms with Crippen LogP contribution in [-0.2, 0) is 0 Å². The van der Waals surface area contributed by atoms with Crippen LogP contribution in [0.2, 0.25) is 0 Å². The van der Waals surface area contributed by atoms with Crippen molar-refractivity contribution in [2.75, 3.05) is 18.0 Å². The minimum Gasteiger partial charge on any atom is -0.357 e. The van der Waals surface area contributed by atoms with Gasteiger partial charge in [0.25, 0.3) is 0 Å². The molecule has 3 heterocycles. The second-order valence-corrected chi connectivity index (χ2v) is 13.0. The summed E-state index contributed by atoms with van der Waals surface area (Å²) in [4.78, 5) is 7.21. The van der Waals surface area contributed by atoms with Gasteiger partial charge >= 0.3 is 0 Å². The first-order valence-electron chi connectivity index (χ1n) is 17.0. The number of piperidine rings is 1. The number of pyridine rings is 1. The fourth-order valence-corrected chi connectivity index (χ4v) is 6.78. The van der Waals surface area contributed by atoms with Crippen molar-refractivity contribution in [3.8, 4) is 0 Å². The first-order chi connectivity index (χ1) is 21.3. The van der Waals surface area contributed by atoms with Crippen LogP contribution in [0.1, 0.15) is 127 Å². The van der Waals surface area contributed by atoms with Gasteiger partial charge in [0.15, 0.2) is 0 Å². The highest BCUT2D eigenvalue weighted by atomic mass is 32.1. The van der Waals surface area contributed by atoms with E-state index in [4.69, 9.17) is 4.98 Å². The summed E-state index contributed by atoms with van der Waals surface area (Å²) in [6.45, 7) is 23.7. The van der Waals surface area contributed by atoms with Crippen LogP contribution in [0.15, 0.2) is 78.2 Å². The van der Waals surface area contributed by atoms with Gasteiger partial charge in [-0.25, -0.2) is 4.98 Å².